The van der Waals surface area contributed by atoms with Gasteiger partial charge in [-0.2, -0.15) is 4.31 Å². The first kappa shape index (κ1) is 21.2. The van der Waals surface area contributed by atoms with Gasteiger partial charge in [-0.15, -0.1) is 12.4 Å². The summed E-state index contributed by atoms with van der Waals surface area (Å²) in [5, 5.41) is 6.24. The normalized spacial score (nSPS) is 22.0. The molecule has 1 aromatic rings. The van der Waals surface area contributed by atoms with Crippen LogP contribution < -0.4 is 10.6 Å². The number of halogens is 1. The zero-order valence-corrected chi connectivity index (χ0v) is 16.7. The molecule has 1 unspecified atom stereocenters. The lowest BCUT2D eigenvalue weighted by Gasteiger charge is -2.29. The summed E-state index contributed by atoms with van der Waals surface area (Å²) in [6.45, 7) is 4.89. The minimum atomic E-state index is -3.46. The van der Waals surface area contributed by atoms with Gasteiger partial charge in [0, 0.05) is 31.2 Å². The number of amides is 1. The van der Waals surface area contributed by atoms with Crippen LogP contribution in [-0.4, -0.2) is 50.9 Å². The molecule has 0 bridgehead atoms. The molecular weight excluding hydrogens is 374 g/mol. The van der Waals surface area contributed by atoms with Gasteiger partial charge in [-0.25, -0.2) is 8.42 Å². The third-order valence-electron chi connectivity index (χ3n) is 5.17. The van der Waals surface area contributed by atoms with Gasteiger partial charge in [0.15, 0.2) is 0 Å². The first-order valence-corrected chi connectivity index (χ1v) is 10.5. The second-order valence-electron chi connectivity index (χ2n) is 7.11. The van der Waals surface area contributed by atoms with Crippen LogP contribution in [0.1, 0.15) is 43.0 Å². The molecule has 0 aliphatic carbocycles. The highest BCUT2D eigenvalue weighted by atomic mass is 35.5. The van der Waals surface area contributed by atoms with Crippen molar-refractivity contribution in [3.8, 4) is 0 Å². The molecule has 2 fully saturated rings. The van der Waals surface area contributed by atoms with Crippen LogP contribution in [0.3, 0.4) is 0 Å². The average Bonchev–Trinajstić information content (AvgIpc) is 3.14. The van der Waals surface area contributed by atoms with Crippen molar-refractivity contribution >= 4 is 28.3 Å². The van der Waals surface area contributed by atoms with Crippen LogP contribution in [0.25, 0.3) is 0 Å². The lowest BCUT2D eigenvalue weighted by Crippen LogP contribution is -2.38. The number of hydrogen-bond donors (Lipinski definition) is 2. The van der Waals surface area contributed by atoms with Crippen molar-refractivity contribution in [1.29, 1.82) is 0 Å². The topological polar surface area (TPSA) is 78.5 Å². The Bertz CT molecular complexity index is 695. The lowest BCUT2D eigenvalue weighted by molar-refractivity contribution is 0.0950. The van der Waals surface area contributed by atoms with Gasteiger partial charge in [-0.05, 0) is 62.4 Å². The summed E-state index contributed by atoms with van der Waals surface area (Å²) in [5.74, 6) is 0.413. The fraction of sp³-hybridized carbons (Fsp3) is 0.611. The van der Waals surface area contributed by atoms with Crippen molar-refractivity contribution in [1.82, 2.24) is 14.9 Å². The van der Waals surface area contributed by atoms with Crippen molar-refractivity contribution in [3.05, 3.63) is 29.8 Å². The van der Waals surface area contributed by atoms with Gasteiger partial charge < -0.3 is 10.6 Å². The highest BCUT2D eigenvalue weighted by Crippen LogP contribution is 2.23. The number of hydrogen-bond acceptors (Lipinski definition) is 4. The van der Waals surface area contributed by atoms with Crippen molar-refractivity contribution < 1.29 is 13.2 Å². The molecule has 2 heterocycles. The van der Waals surface area contributed by atoms with Gasteiger partial charge in [0.05, 0.1) is 4.90 Å². The first-order chi connectivity index (χ1) is 12.0. The van der Waals surface area contributed by atoms with Crippen LogP contribution in [0.15, 0.2) is 29.2 Å². The Kier molecular flexibility index (Phi) is 7.46. The molecule has 2 N–H and O–H groups in total. The van der Waals surface area contributed by atoms with Crippen LogP contribution >= 0.6 is 12.4 Å². The van der Waals surface area contributed by atoms with Crippen LogP contribution in [0.2, 0.25) is 0 Å². The maximum Gasteiger partial charge on any atom is 0.251 e. The molecule has 6 nitrogen and oxygen atoms in total. The maximum atomic E-state index is 12.7. The highest BCUT2D eigenvalue weighted by Gasteiger charge is 2.28. The molecule has 2 aliphatic heterocycles. The van der Waals surface area contributed by atoms with E-state index in [9.17, 15) is 13.2 Å². The quantitative estimate of drug-likeness (QED) is 0.791. The standard InChI is InChI=1S/C18H27N3O3S.ClH/c1-14-8-11-21(12-9-14)25(23,24)17-6-4-15(5-7-17)18(22)20-13-16-3-2-10-19-16;/h4-7,14,16,19H,2-3,8-13H2,1H3,(H,20,22);1H. The summed E-state index contributed by atoms with van der Waals surface area (Å²) >= 11 is 0. The number of piperidine rings is 1. The van der Waals surface area contributed by atoms with E-state index >= 15 is 0 Å². The van der Waals surface area contributed by atoms with Gasteiger partial charge in [-0.1, -0.05) is 6.92 Å². The number of sulfonamides is 1. The summed E-state index contributed by atoms with van der Waals surface area (Å²) in [6.07, 6.45) is 4.01. The zero-order chi connectivity index (χ0) is 17.9. The van der Waals surface area contributed by atoms with Gasteiger partial charge in [0.1, 0.15) is 0 Å². The summed E-state index contributed by atoms with van der Waals surface area (Å²) in [6, 6.07) is 6.60. The number of nitrogens with zero attached hydrogens (tertiary/aromatic N) is 1. The van der Waals surface area contributed by atoms with Crippen molar-refractivity contribution in [2.75, 3.05) is 26.2 Å². The number of benzene rings is 1. The van der Waals surface area contributed by atoms with Gasteiger partial charge in [0.2, 0.25) is 10.0 Å². The molecule has 1 atom stereocenters. The number of carbonyl (C=O) groups excluding carboxylic acids is 1. The second-order valence-corrected chi connectivity index (χ2v) is 9.05. The third kappa shape index (κ3) is 4.97. The van der Waals surface area contributed by atoms with Gasteiger partial charge >= 0.3 is 0 Å². The lowest BCUT2D eigenvalue weighted by atomic mass is 10.0. The molecule has 1 amide bonds. The molecule has 8 heteroatoms. The fourth-order valence-electron chi connectivity index (χ4n) is 3.40. The summed E-state index contributed by atoms with van der Waals surface area (Å²) in [4.78, 5) is 12.5. The van der Waals surface area contributed by atoms with E-state index in [0.717, 1.165) is 32.2 Å². The predicted molar refractivity (Wildman–Crippen MR) is 104 cm³/mol. The van der Waals surface area contributed by atoms with E-state index in [1.165, 1.54) is 12.1 Å². The van der Waals surface area contributed by atoms with E-state index in [2.05, 4.69) is 17.6 Å². The molecule has 146 valence electrons. The van der Waals surface area contributed by atoms with Crippen molar-refractivity contribution in [2.24, 2.45) is 5.92 Å². The first-order valence-electron chi connectivity index (χ1n) is 9.08. The third-order valence-corrected chi connectivity index (χ3v) is 7.08. The van der Waals surface area contributed by atoms with Crippen LogP contribution in [-0.2, 0) is 10.0 Å². The van der Waals surface area contributed by atoms with E-state index < -0.39 is 10.0 Å². The Morgan fingerprint density at radius 3 is 2.42 bits per heavy atom. The molecule has 2 saturated heterocycles. The number of nitrogens with one attached hydrogen (secondary N) is 2. The van der Waals surface area contributed by atoms with Gasteiger partial charge in [0.25, 0.3) is 5.91 Å². The molecule has 0 radical (unpaired) electrons. The Morgan fingerprint density at radius 1 is 1.19 bits per heavy atom. The molecular formula is C18H28ClN3O3S. The minimum Gasteiger partial charge on any atom is -0.350 e. The average molecular weight is 402 g/mol. The molecule has 3 rings (SSSR count). The second kappa shape index (κ2) is 9.17. The Morgan fingerprint density at radius 2 is 1.85 bits per heavy atom. The van der Waals surface area contributed by atoms with Crippen molar-refractivity contribution in [3.63, 3.8) is 0 Å². The van der Waals surface area contributed by atoms with Crippen LogP contribution in [0.4, 0.5) is 0 Å². The summed E-state index contributed by atoms with van der Waals surface area (Å²) in [5.41, 5.74) is 0.490. The van der Waals surface area contributed by atoms with Crippen LogP contribution in [0, 0.1) is 5.92 Å². The summed E-state index contributed by atoms with van der Waals surface area (Å²) in [7, 11) is -3.46. The molecule has 1 aromatic carbocycles. The molecule has 0 aromatic heterocycles. The van der Waals surface area contributed by atoms with Crippen molar-refractivity contribution in [2.45, 2.75) is 43.5 Å². The highest BCUT2D eigenvalue weighted by molar-refractivity contribution is 7.89. The fourth-order valence-corrected chi connectivity index (χ4v) is 4.87. The Labute approximate surface area is 162 Å². The smallest absolute Gasteiger partial charge is 0.251 e. The van der Waals surface area contributed by atoms with Gasteiger partial charge in [-0.3, -0.25) is 4.79 Å². The SMILES string of the molecule is CC1CCN(S(=O)(=O)c2ccc(C(=O)NCC3CCCN3)cc2)CC1.Cl. The largest absolute Gasteiger partial charge is 0.350 e. The van der Waals surface area contributed by atoms with E-state index in [4.69, 9.17) is 0 Å². The van der Waals surface area contributed by atoms with E-state index in [-0.39, 0.29) is 23.2 Å². The zero-order valence-electron chi connectivity index (χ0n) is 15.1. The van der Waals surface area contributed by atoms with E-state index in [1.807, 2.05) is 0 Å². The minimum absolute atomic E-state index is 0. The number of rotatable bonds is 5. The van der Waals surface area contributed by atoms with E-state index in [1.54, 1.807) is 16.4 Å². The van der Waals surface area contributed by atoms with E-state index in [0.29, 0.717) is 37.2 Å². The predicted octanol–water partition coefficient (Wildman–Crippen LogP) is 2.01. The summed E-state index contributed by atoms with van der Waals surface area (Å²) < 4.78 is 26.9. The Balaban J connectivity index is 0.00000243. The Hall–Kier alpha value is -1.15. The molecule has 26 heavy (non-hydrogen) atoms. The number of carbonyl (C=O) groups is 1. The maximum absolute atomic E-state index is 12.7. The monoisotopic (exact) mass is 401 g/mol. The molecule has 0 spiro atoms. The molecule has 0 saturated carbocycles. The molecule has 2 aliphatic rings. The van der Waals surface area contributed by atoms with Crippen LogP contribution in [0.5, 0.6) is 0 Å².